The molecular formula is C13H24N2O4. The van der Waals surface area contributed by atoms with E-state index in [0.717, 1.165) is 25.7 Å². The molecule has 0 bridgehead atoms. The molecule has 1 amide bonds. The van der Waals surface area contributed by atoms with Gasteiger partial charge in [-0.25, -0.2) is 0 Å². The van der Waals surface area contributed by atoms with Crippen molar-refractivity contribution in [3.05, 3.63) is 0 Å². The van der Waals surface area contributed by atoms with Gasteiger partial charge in [0, 0.05) is 19.5 Å². The van der Waals surface area contributed by atoms with Gasteiger partial charge in [0.1, 0.15) is 0 Å². The van der Waals surface area contributed by atoms with Crippen LogP contribution in [0.3, 0.4) is 0 Å². The molecule has 1 rings (SSSR count). The number of hydrogen-bond acceptors (Lipinski definition) is 4. The van der Waals surface area contributed by atoms with Crippen molar-refractivity contribution in [2.45, 2.75) is 44.6 Å². The van der Waals surface area contributed by atoms with Crippen LogP contribution >= 0.6 is 0 Å². The third-order valence-electron chi connectivity index (χ3n) is 3.31. The Bertz CT molecular complexity index is 288. The Labute approximate surface area is 113 Å². The molecule has 0 aromatic heterocycles. The highest BCUT2D eigenvalue weighted by Gasteiger charge is 2.22. The predicted molar refractivity (Wildman–Crippen MR) is 70.7 cm³/mol. The fraction of sp³-hybridized carbons (Fsp3) is 0.846. The zero-order valence-electron chi connectivity index (χ0n) is 11.3. The normalized spacial score (nSPS) is 16.6. The fourth-order valence-electron chi connectivity index (χ4n) is 2.16. The van der Waals surface area contributed by atoms with Gasteiger partial charge in [-0.15, -0.1) is 0 Å². The molecule has 0 saturated carbocycles. The molecule has 0 aromatic rings. The van der Waals surface area contributed by atoms with Crippen molar-refractivity contribution in [1.82, 2.24) is 4.90 Å². The lowest BCUT2D eigenvalue weighted by atomic mass is 10.1. The van der Waals surface area contributed by atoms with E-state index in [2.05, 4.69) is 0 Å². The second-order valence-corrected chi connectivity index (χ2v) is 4.84. The molecule has 0 radical (unpaired) electrons. The summed E-state index contributed by atoms with van der Waals surface area (Å²) in [6.07, 6.45) is 4.03. The molecule has 1 saturated heterocycles. The fourth-order valence-corrected chi connectivity index (χ4v) is 2.16. The van der Waals surface area contributed by atoms with E-state index >= 15 is 0 Å². The molecule has 3 N–H and O–H groups in total. The van der Waals surface area contributed by atoms with E-state index in [1.54, 1.807) is 0 Å². The smallest absolute Gasteiger partial charge is 0.305 e. The molecule has 0 spiro atoms. The number of carboxylic acid groups (broad SMARTS) is 1. The van der Waals surface area contributed by atoms with Crippen molar-refractivity contribution < 1.29 is 19.4 Å². The number of likely N-dealkylation sites (tertiary alicyclic amines) is 1. The average molecular weight is 272 g/mol. The molecule has 0 aromatic carbocycles. The Morgan fingerprint density at radius 1 is 1.21 bits per heavy atom. The second kappa shape index (κ2) is 8.87. The first-order valence-corrected chi connectivity index (χ1v) is 6.94. The highest BCUT2D eigenvalue weighted by Crippen LogP contribution is 2.15. The first-order chi connectivity index (χ1) is 9.13. The maximum absolute atomic E-state index is 11.8. The maximum atomic E-state index is 11.8. The molecule has 19 heavy (non-hydrogen) atoms. The van der Waals surface area contributed by atoms with Crippen LogP contribution < -0.4 is 5.73 Å². The Hall–Kier alpha value is -1.14. The largest absolute Gasteiger partial charge is 0.481 e. The highest BCUT2D eigenvalue weighted by molar-refractivity contribution is 5.76. The van der Waals surface area contributed by atoms with Gasteiger partial charge in [0.05, 0.1) is 19.1 Å². The van der Waals surface area contributed by atoms with Crippen molar-refractivity contribution in [3.63, 3.8) is 0 Å². The number of unbranched alkanes of at least 4 members (excludes halogenated alkanes) is 1. The van der Waals surface area contributed by atoms with Crippen LogP contribution in [0.25, 0.3) is 0 Å². The van der Waals surface area contributed by atoms with Gasteiger partial charge >= 0.3 is 5.97 Å². The maximum Gasteiger partial charge on any atom is 0.305 e. The first kappa shape index (κ1) is 15.9. The summed E-state index contributed by atoms with van der Waals surface area (Å²) in [5.41, 5.74) is 5.40. The van der Waals surface area contributed by atoms with Crippen molar-refractivity contribution in [2.24, 2.45) is 5.73 Å². The summed E-state index contributed by atoms with van der Waals surface area (Å²) in [6, 6.07) is 0. The summed E-state index contributed by atoms with van der Waals surface area (Å²) in [5, 5.41) is 8.52. The number of ether oxygens (including phenoxy) is 1. The molecule has 1 aliphatic heterocycles. The molecule has 6 heteroatoms. The topological polar surface area (TPSA) is 92.9 Å². The summed E-state index contributed by atoms with van der Waals surface area (Å²) in [7, 11) is 0. The lowest BCUT2D eigenvalue weighted by Crippen LogP contribution is -2.41. The number of hydrogen-bond donors (Lipinski definition) is 2. The Morgan fingerprint density at radius 2 is 1.89 bits per heavy atom. The number of carboxylic acids is 1. The van der Waals surface area contributed by atoms with Gasteiger partial charge in [-0.3, -0.25) is 9.59 Å². The summed E-state index contributed by atoms with van der Waals surface area (Å²) in [6.45, 7) is 2.30. The van der Waals surface area contributed by atoms with Crippen molar-refractivity contribution in [2.75, 3.05) is 26.2 Å². The molecule has 6 nitrogen and oxygen atoms in total. The molecule has 1 aliphatic rings. The Balaban J connectivity index is 2.14. The van der Waals surface area contributed by atoms with Crippen molar-refractivity contribution >= 4 is 11.9 Å². The minimum absolute atomic E-state index is 0.0399. The number of piperidine rings is 1. The SMILES string of the molecule is NCCCCC(=O)N1CCC(OCCC(=O)O)CC1. The zero-order chi connectivity index (χ0) is 14.1. The summed E-state index contributed by atoms with van der Waals surface area (Å²) in [4.78, 5) is 24.1. The Morgan fingerprint density at radius 3 is 2.47 bits per heavy atom. The van der Waals surface area contributed by atoms with Crippen LogP contribution in [-0.2, 0) is 14.3 Å². The van der Waals surface area contributed by atoms with E-state index in [1.165, 1.54) is 0 Å². The molecule has 0 atom stereocenters. The number of nitrogens with two attached hydrogens (primary N) is 1. The van der Waals surface area contributed by atoms with Crippen LogP contribution in [0, 0.1) is 0 Å². The number of carbonyl (C=O) groups is 2. The van der Waals surface area contributed by atoms with Gasteiger partial charge in [0.25, 0.3) is 0 Å². The molecule has 0 unspecified atom stereocenters. The van der Waals surface area contributed by atoms with Gasteiger partial charge in [0.15, 0.2) is 0 Å². The quantitative estimate of drug-likeness (QED) is 0.631. The van der Waals surface area contributed by atoms with Crippen LogP contribution in [0.5, 0.6) is 0 Å². The van der Waals surface area contributed by atoms with Crippen LogP contribution in [-0.4, -0.2) is 54.2 Å². The van der Waals surface area contributed by atoms with Crippen LogP contribution in [0.15, 0.2) is 0 Å². The average Bonchev–Trinajstić information content (AvgIpc) is 2.39. The second-order valence-electron chi connectivity index (χ2n) is 4.84. The molecule has 1 heterocycles. The van der Waals surface area contributed by atoms with Crippen LogP contribution in [0.2, 0.25) is 0 Å². The van der Waals surface area contributed by atoms with Gasteiger partial charge in [-0.2, -0.15) is 0 Å². The van der Waals surface area contributed by atoms with Crippen molar-refractivity contribution in [3.8, 4) is 0 Å². The third kappa shape index (κ3) is 6.54. The minimum Gasteiger partial charge on any atom is -0.481 e. The number of aliphatic carboxylic acids is 1. The van der Waals surface area contributed by atoms with Crippen LogP contribution in [0.4, 0.5) is 0 Å². The summed E-state index contributed by atoms with van der Waals surface area (Å²) in [5.74, 6) is -0.648. The zero-order valence-corrected chi connectivity index (χ0v) is 11.3. The van der Waals surface area contributed by atoms with Gasteiger partial charge in [-0.1, -0.05) is 0 Å². The lowest BCUT2D eigenvalue weighted by molar-refractivity contribution is -0.139. The summed E-state index contributed by atoms with van der Waals surface area (Å²) < 4.78 is 5.49. The van der Waals surface area contributed by atoms with E-state index in [1.807, 2.05) is 4.90 Å². The Kier molecular flexibility index (Phi) is 7.43. The number of carbonyl (C=O) groups excluding carboxylic acids is 1. The number of rotatable bonds is 8. The van der Waals surface area contributed by atoms with Gasteiger partial charge < -0.3 is 20.5 Å². The predicted octanol–water partition coefficient (Wildman–Crippen LogP) is 0.598. The van der Waals surface area contributed by atoms with E-state index < -0.39 is 5.97 Å². The van der Waals surface area contributed by atoms with E-state index in [-0.39, 0.29) is 25.0 Å². The molecule has 0 aliphatic carbocycles. The molecular weight excluding hydrogens is 248 g/mol. The highest BCUT2D eigenvalue weighted by atomic mass is 16.5. The monoisotopic (exact) mass is 272 g/mol. The molecule has 110 valence electrons. The number of amides is 1. The minimum atomic E-state index is -0.840. The van der Waals surface area contributed by atoms with Crippen molar-refractivity contribution in [1.29, 1.82) is 0 Å². The van der Waals surface area contributed by atoms with Gasteiger partial charge in [-0.05, 0) is 32.2 Å². The van der Waals surface area contributed by atoms with E-state index in [9.17, 15) is 9.59 Å². The van der Waals surface area contributed by atoms with E-state index in [4.69, 9.17) is 15.6 Å². The lowest BCUT2D eigenvalue weighted by Gasteiger charge is -2.32. The summed E-state index contributed by atoms with van der Waals surface area (Å²) >= 11 is 0. The number of nitrogens with zero attached hydrogens (tertiary/aromatic N) is 1. The van der Waals surface area contributed by atoms with E-state index in [0.29, 0.717) is 26.1 Å². The molecule has 1 fully saturated rings. The standard InChI is InChI=1S/C13H24N2O4/c14-7-2-1-3-12(16)15-8-4-11(5-9-15)19-10-6-13(17)18/h11H,1-10,14H2,(H,17,18). The van der Waals surface area contributed by atoms with Crippen LogP contribution in [0.1, 0.15) is 38.5 Å². The van der Waals surface area contributed by atoms with Gasteiger partial charge in [0.2, 0.25) is 5.91 Å². The third-order valence-corrected chi connectivity index (χ3v) is 3.31. The first-order valence-electron chi connectivity index (χ1n) is 6.94.